The van der Waals surface area contributed by atoms with Crippen molar-refractivity contribution in [3.63, 3.8) is 0 Å². The van der Waals surface area contributed by atoms with Crippen molar-refractivity contribution in [3.05, 3.63) is 0 Å². The molecule has 0 aliphatic carbocycles. The van der Waals surface area contributed by atoms with E-state index >= 15 is 0 Å². The van der Waals surface area contributed by atoms with E-state index in [9.17, 15) is 0 Å². The molecule has 0 aliphatic rings. The van der Waals surface area contributed by atoms with E-state index in [1.165, 1.54) is 0 Å². The van der Waals surface area contributed by atoms with Gasteiger partial charge in [0.25, 0.3) is 0 Å². The minimum atomic E-state index is 0.738. The van der Waals surface area contributed by atoms with Crippen LogP contribution < -0.4 is 5.32 Å². The predicted octanol–water partition coefficient (Wildman–Crippen LogP) is -0.229. The van der Waals surface area contributed by atoms with E-state index < -0.39 is 0 Å². The topological polar surface area (TPSA) is 15.3 Å². The molecule has 9 heavy (non-hydrogen) atoms. The number of hydrogen-bond donors (Lipinski definition) is 1. The Morgan fingerprint density at radius 3 is 2.78 bits per heavy atom. The Bertz CT molecular complexity index is 93.6. The van der Waals surface area contributed by atoms with Crippen molar-refractivity contribution in [2.75, 3.05) is 33.7 Å². The van der Waals surface area contributed by atoms with Crippen molar-refractivity contribution in [2.24, 2.45) is 0 Å². The van der Waals surface area contributed by atoms with Gasteiger partial charge < -0.3 is 5.32 Å². The Kier molecular flexibility index (Phi) is 5.29. The molecule has 0 unspecified atom stereocenters. The van der Waals surface area contributed by atoms with Gasteiger partial charge in [-0.15, -0.1) is 6.42 Å². The fourth-order valence-electron chi connectivity index (χ4n) is 0.538. The third-order valence-electron chi connectivity index (χ3n) is 1.10. The fourth-order valence-corrected chi connectivity index (χ4v) is 0.538. The van der Waals surface area contributed by atoms with Gasteiger partial charge in [-0.2, -0.15) is 0 Å². The van der Waals surface area contributed by atoms with Crippen molar-refractivity contribution in [1.29, 1.82) is 0 Å². The van der Waals surface area contributed by atoms with Crippen LogP contribution in [0.5, 0.6) is 0 Å². The molecule has 0 saturated carbocycles. The molecule has 52 valence electrons. The molecule has 0 heterocycles. The average molecular weight is 126 g/mol. The van der Waals surface area contributed by atoms with Crippen LogP contribution in [0.25, 0.3) is 0 Å². The van der Waals surface area contributed by atoms with Gasteiger partial charge in [0.05, 0.1) is 6.54 Å². The summed E-state index contributed by atoms with van der Waals surface area (Å²) in [5, 5.41) is 3.05. The number of nitrogens with one attached hydrogen (secondary N) is 1. The molecule has 0 aliphatic heterocycles. The third kappa shape index (κ3) is 5.35. The maximum atomic E-state index is 5.09. The lowest BCUT2D eigenvalue weighted by molar-refractivity contribution is 0.376. The van der Waals surface area contributed by atoms with Crippen LogP contribution in [-0.4, -0.2) is 38.6 Å². The van der Waals surface area contributed by atoms with Crippen LogP contribution in [-0.2, 0) is 0 Å². The summed E-state index contributed by atoms with van der Waals surface area (Å²) in [6.07, 6.45) is 5.09. The Morgan fingerprint density at radius 1 is 1.67 bits per heavy atom. The normalized spacial score (nSPS) is 9.56. The summed E-state index contributed by atoms with van der Waals surface area (Å²) in [5.41, 5.74) is 0. The van der Waals surface area contributed by atoms with E-state index in [4.69, 9.17) is 6.42 Å². The van der Waals surface area contributed by atoms with Crippen molar-refractivity contribution in [3.8, 4) is 12.3 Å². The van der Waals surface area contributed by atoms with Gasteiger partial charge in [0.1, 0.15) is 0 Å². The van der Waals surface area contributed by atoms with Gasteiger partial charge in [0, 0.05) is 13.1 Å². The van der Waals surface area contributed by atoms with Crippen molar-refractivity contribution >= 4 is 0 Å². The van der Waals surface area contributed by atoms with Crippen molar-refractivity contribution in [1.82, 2.24) is 10.2 Å². The largest absolute Gasteiger partial charge is 0.318 e. The second-order valence-corrected chi connectivity index (χ2v) is 2.05. The van der Waals surface area contributed by atoms with E-state index in [0.29, 0.717) is 0 Å². The smallest absolute Gasteiger partial charge is 0.0596 e. The van der Waals surface area contributed by atoms with Gasteiger partial charge in [0.15, 0.2) is 0 Å². The SMILES string of the molecule is C#CCN(C)CCNC. The van der Waals surface area contributed by atoms with E-state index in [2.05, 4.69) is 16.1 Å². The Hall–Kier alpha value is -0.520. The minimum Gasteiger partial charge on any atom is -0.318 e. The van der Waals surface area contributed by atoms with Gasteiger partial charge in [-0.1, -0.05) is 5.92 Å². The van der Waals surface area contributed by atoms with Crippen molar-refractivity contribution < 1.29 is 0 Å². The molecule has 0 radical (unpaired) electrons. The highest BCUT2D eigenvalue weighted by Gasteiger charge is 1.90. The van der Waals surface area contributed by atoms with Crippen LogP contribution in [0, 0.1) is 12.3 Å². The summed E-state index contributed by atoms with van der Waals surface area (Å²) in [5.74, 6) is 2.57. The number of terminal acetylenes is 1. The highest BCUT2D eigenvalue weighted by molar-refractivity contribution is 4.87. The summed E-state index contributed by atoms with van der Waals surface area (Å²) in [6, 6.07) is 0. The van der Waals surface area contributed by atoms with Gasteiger partial charge >= 0.3 is 0 Å². The minimum absolute atomic E-state index is 0.738. The fraction of sp³-hybridized carbons (Fsp3) is 0.714. The molecule has 0 amide bonds. The maximum absolute atomic E-state index is 5.09. The first-order chi connectivity index (χ1) is 4.31. The molecule has 0 atom stereocenters. The van der Waals surface area contributed by atoms with E-state index in [1.54, 1.807) is 0 Å². The molecular formula is C7H14N2. The zero-order chi connectivity index (χ0) is 7.11. The third-order valence-corrected chi connectivity index (χ3v) is 1.10. The standard InChI is InChI=1S/C7H14N2/c1-4-6-9(3)7-5-8-2/h1,8H,5-7H2,2-3H3. The monoisotopic (exact) mass is 126 g/mol. The number of likely N-dealkylation sites (N-methyl/N-ethyl adjacent to an activating group) is 2. The van der Waals surface area contributed by atoms with Gasteiger partial charge in [0.2, 0.25) is 0 Å². The number of hydrogen-bond acceptors (Lipinski definition) is 2. The molecule has 0 spiro atoms. The van der Waals surface area contributed by atoms with Crippen LogP contribution in [0.15, 0.2) is 0 Å². The van der Waals surface area contributed by atoms with Gasteiger partial charge in [-0.3, -0.25) is 4.90 Å². The maximum Gasteiger partial charge on any atom is 0.0596 e. The van der Waals surface area contributed by atoms with E-state index in [1.807, 2.05) is 14.1 Å². The molecule has 2 nitrogen and oxygen atoms in total. The molecule has 1 N–H and O–H groups in total. The van der Waals surface area contributed by atoms with Gasteiger partial charge in [-0.05, 0) is 14.1 Å². The second kappa shape index (κ2) is 5.61. The van der Waals surface area contributed by atoms with Crippen LogP contribution in [0.2, 0.25) is 0 Å². The van der Waals surface area contributed by atoms with Gasteiger partial charge in [-0.25, -0.2) is 0 Å². The Balaban J connectivity index is 3.08. The lowest BCUT2D eigenvalue weighted by atomic mass is 10.5. The molecule has 2 heteroatoms. The zero-order valence-corrected chi connectivity index (χ0v) is 6.15. The lowest BCUT2D eigenvalue weighted by Gasteiger charge is -2.11. The molecule has 0 fully saturated rings. The highest BCUT2D eigenvalue weighted by atomic mass is 15.1. The summed E-state index contributed by atoms with van der Waals surface area (Å²) >= 11 is 0. The molecular weight excluding hydrogens is 112 g/mol. The average Bonchev–Trinajstić information content (AvgIpc) is 1.85. The molecule has 0 aromatic carbocycles. The molecule has 0 aromatic rings. The summed E-state index contributed by atoms with van der Waals surface area (Å²) in [7, 11) is 3.95. The molecule has 0 saturated heterocycles. The highest BCUT2D eigenvalue weighted by Crippen LogP contribution is 1.75. The van der Waals surface area contributed by atoms with Crippen LogP contribution >= 0.6 is 0 Å². The number of nitrogens with zero attached hydrogens (tertiary/aromatic N) is 1. The van der Waals surface area contributed by atoms with Crippen LogP contribution in [0.3, 0.4) is 0 Å². The first-order valence-corrected chi connectivity index (χ1v) is 3.08. The molecule has 0 bridgehead atoms. The van der Waals surface area contributed by atoms with Crippen molar-refractivity contribution in [2.45, 2.75) is 0 Å². The van der Waals surface area contributed by atoms with Crippen LogP contribution in [0.1, 0.15) is 0 Å². The Labute approximate surface area is 57.2 Å². The molecule has 0 aromatic heterocycles. The quantitative estimate of drug-likeness (QED) is 0.523. The van der Waals surface area contributed by atoms with Crippen LogP contribution in [0.4, 0.5) is 0 Å². The predicted molar refractivity (Wildman–Crippen MR) is 40.3 cm³/mol. The summed E-state index contributed by atoms with van der Waals surface area (Å²) < 4.78 is 0. The zero-order valence-electron chi connectivity index (χ0n) is 6.15. The summed E-state index contributed by atoms with van der Waals surface area (Å²) in [6.45, 7) is 2.75. The first-order valence-electron chi connectivity index (χ1n) is 3.08. The lowest BCUT2D eigenvalue weighted by Crippen LogP contribution is -2.27. The second-order valence-electron chi connectivity index (χ2n) is 2.05. The first kappa shape index (κ1) is 8.48. The van der Waals surface area contributed by atoms with E-state index in [-0.39, 0.29) is 0 Å². The summed E-state index contributed by atoms with van der Waals surface area (Å²) in [4.78, 5) is 2.09. The Morgan fingerprint density at radius 2 is 2.33 bits per heavy atom. The molecule has 0 rings (SSSR count). The number of rotatable bonds is 4. The van der Waals surface area contributed by atoms with E-state index in [0.717, 1.165) is 19.6 Å².